The van der Waals surface area contributed by atoms with Crippen LogP contribution < -0.4 is 10.6 Å². The molecular weight excluding hydrogens is 286 g/mol. The fourth-order valence-electron chi connectivity index (χ4n) is 2.89. The van der Waals surface area contributed by atoms with Crippen LogP contribution in [0.5, 0.6) is 0 Å². The third-order valence-corrected chi connectivity index (χ3v) is 4.54. The number of piperidine rings is 1. The summed E-state index contributed by atoms with van der Waals surface area (Å²) in [4.78, 5) is 14.2. The third kappa shape index (κ3) is 5.11. The summed E-state index contributed by atoms with van der Waals surface area (Å²) in [5.41, 5.74) is 0. The Hall–Kier alpha value is -0.880. The van der Waals surface area contributed by atoms with E-state index < -0.39 is 0 Å². The van der Waals surface area contributed by atoms with Crippen molar-refractivity contribution in [1.29, 1.82) is 0 Å². The second-order valence-electron chi connectivity index (χ2n) is 5.90. The Balaban J connectivity index is 1.74. The van der Waals surface area contributed by atoms with Gasteiger partial charge in [-0.05, 0) is 44.3 Å². The highest BCUT2D eigenvalue weighted by atomic mass is 32.1. The fourth-order valence-corrected chi connectivity index (χ4v) is 3.14. The van der Waals surface area contributed by atoms with E-state index in [4.69, 9.17) is 17.0 Å². The zero-order chi connectivity index (χ0) is 15.1. The number of hydrogen-bond donors (Lipinski definition) is 2. The van der Waals surface area contributed by atoms with Crippen molar-refractivity contribution in [3.05, 3.63) is 0 Å². The average Bonchev–Trinajstić information content (AvgIpc) is 3.03. The van der Waals surface area contributed by atoms with Gasteiger partial charge in [0.25, 0.3) is 0 Å². The van der Waals surface area contributed by atoms with Gasteiger partial charge in [-0.1, -0.05) is 6.92 Å². The molecule has 0 aliphatic carbocycles. The molecule has 0 aromatic heterocycles. The van der Waals surface area contributed by atoms with Crippen LogP contribution in [0.15, 0.2) is 0 Å². The highest BCUT2D eigenvalue weighted by molar-refractivity contribution is 7.80. The molecule has 2 atom stereocenters. The summed E-state index contributed by atoms with van der Waals surface area (Å²) in [5, 5.41) is 7.05. The molecule has 5 nitrogen and oxygen atoms in total. The number of amides is 1. The standard InChI is InChI=1S/C15H27N3O2S/c1-2-7-16-14(19)12-5-3-8-18(11-12)15(21)17-10-13-6-4-9-20-13/h12-13H,2-11H2,1H3,(H,16,19)(H,17,21). The lowest BCUT2D eigenvalue weighted by molar-refractivity contribution is -0.126. The van der Waals surface area contributed by atoms with Crippen LogP contribution in [0.2, 0.25) is 0 Å². The molecule has 2 N–H and O–H groups in total. The van der Waals surface area contributed by atoms with E-state index in [1.54, 1.807) is 0 Å². The number of carbonyl (C=O) groups excluding carboxylic acids is 1. The summed E-state index contributed by atoms with van der Waals surface area (Å²) in [7, 11) is 0. The smallest absolute Gasteiger partial charge is 0.224 e. The number of likely N-dealkylation sites (tertiary alicyclic amines) is 1. The van der Waals surface area contributed by atoms with Crippen LogP contribution in [-0.2, 0) is 9.53 Å². The molecule has 0 radical (unpaired) electrons. The first-order valence-electron chi connectivity index (χ1n) is 8.12. The Bertz CT molecular complexity index is 359. The van der Waals surface area contributed by atoms with Crippen molar-refractivity contribution >= 4 is 23.2 Å². The van der Waals surface area contributed by atoms with Crippen molar-refractivity contribution in [3.8, 4) is 0 Å². The summed E-state index contributed by atoms with van der Waals surface area (Å²) in [6.07, 6.45) is 5.49. The second kappa shape index (κ2) is 8.54. The normalized spacial score (nSPS) is 25.7. The van der Waals surface area contributed by atoms with Crippen LogP contribution in [0.25, 0.3) is 0 Å². The van der Waals surface area contributed by atoms with Crippen LogP contribution in [0.3, 0.4) is 0 Å². The second-order valence-corrected chi connectivity index (χ2v) is 6.28. The monoisotopic (exact) mass is 313 g/mol. The summed E-state index contributed by atoms with van der Waals surface area (Å²) in [5.74, 6) is 0.233. The van der Waals surface area contributed by atoms with Gasteiger partial charge < -0.3 is 20.3 Å². The molecule has 0 aromatic rings. The third-order valence-electron chi connectivity index (χ3n) is 4.13. The highest BCUT2D eigenvalue weighted by Gasteiger charge is 2.27. The topological polar surface area (TPSA) is 53.6 Å². The Morgan fingerprint density at radius 2 is 2.19 bits per heavy atom. The Morgan fingerprint density at radius 1 is 1.33 bits per heavy atom. The summed E-state index contributed by atoms with van der Waals surface area (Å²) in [6.45, 7) is 6.14. The SMILES string of the molecule is CCCNC(=O)C1CCCN(C(=S)NCC2CCCO2)C1. The van der Waals surface area contributed by atoms with Crippen LogP contribution in [-0.4, -0.2) is 54.8 Å². The van der Waals surface area contributed by atoms with Gasteiger partial charge in [0, 0.05) is 32.8 Å². The number of ether oxygens (including phenoxy) is 1. The summed E-state index contributed by atoms with van der Waals surface area (Å²) >= 11 is 5.46. The number of nitrogens with zero attached hydrogens (tertiary/aromatic N) is 1. The molecule has 2 fully saturated rings. The lowest BCUT2D eigenvalue weighted by Gasteiger charge is -2.34. The first-order chi connectivity index (χ1) is 10.2. The summed E-state index contributed by atoms with van der Waals surface area (Å²) in [6, 6.07) is 0. The van der Waals surface area contributed by atoms with Crippen LogP contribution in [0, 0.1) is 5.92 Å². The number of thiocarbonyl (C=S) groups is 1. The lowest BCUT2D eigenvalue weighted by atomic mass is 9.97. The zero-order valence-corrected chi connectivity index (χ0v) is 13.7. The molecule has 2 heterocycles. The zero-order valence-electron chi connectivity index (χ0n) is 12.9. The van der Waals surface area contributed by atoms with E-state index in [9.17, 15) is 4.79 Å². The van der Waals surface area contributed by atoms with Crippen LogP contribution >= 0.6 is 12.2 Å². The van der Waals surface area contributed by atoms with E-state index in [0.717, 1.165) is 70.0 Å². The molecular formula is C15H27N3O2S. The molecule has 21 heavy (non-hydrogen) atoms. The van der Waals surface area contributed by atoms with E-state index in [-0.39, 0.29) is 17.9 Å². The molecule has 0 spiro atoms. The van der Waals surface area contributed by atoms with Crippen molar-refractivity contribution in [3.63, 3.8) is 0 Å². The summed E-state index contributed by atoms with van der Waals surface area (Å²) < 4.78 is 5.59. The largest absolute Gasteiger partial charge is 0.376 e. The van der Waals surface area contributed by atoms with E-state index in [1.807, 2.05) is 0 Å². The first kappa shape index (κ1) is 16.5. The molecule has 0 bridgehead atoms. The quantitative estimate of drug-likeness (QED) is 0.749. The molecule has 0 aromatic carbocycles. The molecule has 2 aliphatic heterocycles. The maximum atomic E-state index is 12.1. The van der Waals surface area contributed by atoms with Gasteiger partial charge in [0.05, 0.1) is 12.0 Å². The van der Waals surface area contributed by atoms with Crippen molar-refractivity contribution in [2.24, 2.45) is 5.92 Å². The molecule has 1 amide bonds. The Kier molecular flexibility index (Phi) is 6.70. The molecule has 2 aliphatic rings. The van der Waals surface area contributed by atoms with Gasteiger partial charge in [0.15, 0.2) is 5.11 Å². The van der Waals surface area contributed by atoms with E-state index in [0.29, 0.717) is 0 Å². The number of rotatable bonds is 5. The molecule has 2 unspecified atom stereocenters. The van der Waals surface area contributed by atoms with Gasteiger partial charge in [0.1, 0.15) is 0 Å². The van der Waals surface area contributed by atoms with E-state index in [1.165, 1.54) is 0 Å². The van der Waals surface area contributed by atoms with Gasteiger partial charge >= 0.3 is 0 Å². The predicted octanol–water partition coefficient (Wildman–Crippen LogP) is 1.28. The van der Waals surface area contributed by atoms with Gasteiger partial charge in [-0.25, -0.2) is 0 Å². The molecule has 0 saturated carbocycles. The van der Waals surface area contributed by atoms with Crippen LogP contribution in [0.4, 0.5) is 0 Å². The van der Waals surface area contributed by atoms with Crippen molar-refractivity contribution in [1.82, 2.24) is 15.5 Å². The van der Waals surface area contributed by atoms with Gasteiger partial charge in [-0.3, -0.25) is 4.79 Å². The first-order valence-corrected chi connectivity index (χ1v) is 8.53. The Labute approximate surface area is 132 Å². The maximum absolute atomic E-state index is 12.1. The fraction of sp³-hybridized carbons (Fsp3) is 0.867. The van der Waals surface area contributed by atoms with Gasteiger partial charge in [-0.15, -0.1) is 0 Å². The molecule has 2 rings (SSSR count). The van der Waals surface area contributed by atoms with E-state index in [2.05, 4.69) is 22.5 Å². The molecule has 6 heteroatoms. The number of hydrogen-bond acceptors (Lipinski definition) is 3. The van der Waals surface area contributed by atoms with Crippen LogP contribution in [0.1, 0.15) is 39.0 Å². The van der Waals surface area contributed by atoms with Crippen molar-refractivity contribution in [2.45, 2.75) is 45.1 Å². The molecule has 120 valence electrons. The highest BCUT2D eigenvalue weighted by Crippen LogP contribution is 2.17. The number of nitrogens with one attached hydrogen (secondary N) is 2. The minimum absolute atomic E-state index is 0.0628. The minimum atomic E-state index is 0.0628. The Morgan fingerprint density at radius 3 is 2.90 bits per heavy atom. The van der Waals surface area contributed by atoms with Crippen molar-refractivity contribution in [2.75, 3.05) is 32.8 Å². The molecule has 2 saturated heterocycles. The minimum Gasteiger partial charge on any atom is -0.376 e. The maximum Gasteiger partial charge on any atom is 0.224 e. The predicted molar refractivity (Wildman–Crippen MR) is 87.2 cm³/mol. The van der Waals surface area contributed by atoms with Crippen molar-refractivity contribution < 1.29 is 9.53 Å². The van der Waals surface area contributed by atoms with Gasteiger partial charge in [-0.2, -0.15) is 0 Å². The van der Waals surface area contributed by atoms with Gasteiger partial charge in [0.2, 0.25) is 5.91 Å². The van der Waals surface area contributed by atoms with E-state index >= 15 is 0 Å². The number of carbonyl (C=O) groups is 1. The lowest BCUT2D eigenvalue weighted by Crippen LogP contribution is -2.49. The average molecular weight is 313 g/mol.